The molecule has 0 saturated carbocycles. The predicted molar refractivity (Wildman–Crippen MR) is 73.8 cm³/mol. The molecule has 3 heterocycles. The van der Waals surface area contributed by atoms with Crippen LogP contribution >= 0.6 is 0 Å². The Bertz CT molecular complexity index is 288. The van der Waals surface area contributed by atoms with Gasteiger partial charge in [-0.2, -0.15) is 0 Å². The Balaban J connectivity index is 1.71. The molecule has 0 aliphatic carbocycles. The third-order valence-electron chi connectivity index (χ3n) is 5.45. The highest BCUT2D eigenvalue weighted by atomic mass is 16.5. The van der Waals surface area contributed by atoms with Gasteiger partial charge in [0, 0.05) is 43.9 Å². The molecular formula is C15H28N2O. The third kappa shape index (κ3) is 2.33. The van der Waals surface area contributed by atoms with Crippen molar-refractivity contribution in [1.82, 2.24) is 9.80 Å². The minimum absolute atomic E-state index is 0.390. The van der Waals surface area contributed by atoms with Crippen LogP contribution in [0.4, 0.5) is 0 Å². The number of hydrogen-bond acceptors (Lipinski definition) is 3. The standard InChI is InChI=1S/C15H28N2O/c1-13-11-16-8-4-3-5-14(16)12-17(13)15(2)6-9-18-10-7-15/h13-14H,3-12H2,1-2H3. The van der Waals surface area contributed by atoms with Gasteiger partial charge >= 0.3 is 0 Å². The highest BCUT2D eigenvalue weighted by Gasteiger charge is 2.42. The van der Waals surface area contributed by atoms with Gasteiger partial charge < -0.3 is 4.74 Å². The summed E-state index contributed by atoms with van der Waals surface area (Å²) in [6.45, 7) is 10.7. The van der Waals surface area contributed by atoms with Crippen LogP contribution in [0.2, 0.25) is 0 Å². The Morgan fingerprint density at radius 1 is 1.11 bits per heavy atom. The van der Waals surface area contributed by atoms with E-state index >= 15 is 0 Å². The number of nitrogens with zero attached hydrogens (tertiary/aromatic N) is 2. The van der Waals surface area contributed by atoms with E-state index in [0.29, 0.717) is 11.6 Å². The minimum Gasteiger partial charge on any atom is -0.381 e. The van der Waals surface area contributed by atoms with Crippen LogP contribution in [0.1, 0.15) is 46.0 Å². The van der Waals surface area contributed by atoms with Gasteiger partial charge in [0.2, 0.25) is 0 Å². The van der Waals surface area contributed by atoms with Crippen molar-refractivity contribution in [1.29, 1.82) is 0 Å². The first kappa shape index (κ1) is 12.9. The van der Waals surface area contributed by atoms with Crippen LogP contribution < -0.4 is 0 Å². The van der Waals surface area contributed by atoms with Gasteiger partial charge in [-0.15, -0.1) is 0 Å². The fourth-order valence-electron chi connectivity index (χ4n) is 4.20. The summed E-state index contributed by atoms with van der Waals surface area (Å²) >= 11 is 0. The van der Waals surface area contributed by atoms with E-state index in [-0.39, 0.29) is 0 Å². The van der Waals surface area contributed by atoms with Crippen molar-refractivity contribution >= 4 is 0 Å². The minimum atomic E-state index is 0.390. The molecule has 104 valence electrons. The first-order valence-electron chi connectivity index (χ1n) is 7.78. The van der Waals surface area contributed by atoms with Gasteiger partial charge in [0.1, 0.15) is 0 Å². The normalized spacial score (nSPS) is 38.3. The second-order valence-electron chi connectivity index (χ2n) is 6.76. The molecule has 3 heteroatoms. The zero-order chi connectivity index (χ0) is 12.6. The van der Waals surface area contributed by atoms with Gasteiger partial charge in [0.05, 0.1) is 0 Å². The number of piperazine rings is 1. The van der Waals surface area contributed by atoms with E-state index in [1.165, 1.54) is 51.7 Å². The summed E-state index contributed by atoms with van der Waals surface area (Å²) in [7, 11) is 0. The quantitative estimate of drug-likeness (QED) is 0.711. The fraction of sp³-hybridized carbons (Fsp3) is 1.00. The molecule has 18 heavy (non-hydrogen) atoms. The Hall–Kier alpha value is -0.120. The van der Waals surface area contributed by atoms with Gasteiger partial charge in [-0.05, 0) is 46.1 Å². The van der Waals surface area contributed by atoms with Crippen LogP contribution in [0.3, 0.4) is 0 Å². The van der Waals surface area contributed by atoms with Crippen LogP contribution in [0.15, 0.2) is 0 Å². The van der Waals surface area contributed by atoms with E-state index < -0.39 is 0 Å². The molecule has 0 radical (unpaired) electrons. The van der Waals surface area contributed by atoms with Gasteiger partial charge in [-0.3, -0.25) is 9.80 Å². The molecule has 0 aromatic heterocycles. The van der Waals surface area contributed by atoms with E-state index in [0.717, 1.165) is 19.3 Å². The smallest absolute Gasteiger partial charge is 0.0483 e. The van der Waals surface area contributed by atoms with Crippen molar-refractivity contribution in [3.05, 3.63) is 0 Å². The molecule has 0 N–H and O–H groups in total. The Morgan fingerprint density at radius 2 is 1.89 bits per heavy atom. The van der Waals surface area contributed by atoms with Gasteiger partial charge in [0.25, 0.3) is 0 Å². The Labute approximate surface area is 111 Å². The number of hydrogen-bond donors (Lipinski definition) is 0. The maximum atomic E-state index is 5.56. The monoisotopic (exact) mass is 252 g/mol. The van der Waals surface area contributed by atoms with Crippen LogP contribution in [0, 0.1) is 0 Å². The summed E-state index contributed by atoms with van der Waals surface area (Å²) in [6, 6.07) is 1.54. The molecule has 3 fully saturated rings. The lowest BCUT2D eigenvalue weighted by molar-refractivity contribution is -0.0824. The number of ether oxygens (including phenoxy) is 1. The molecule has 0 bridgehead atoms. The Kier molecular flexibility index (Phi) is 3.65. The summed E-state index contributed by atoms with van der Waals surface area (Å²) < 4.78 is 5.56. The van der Waals surface area contributed by atoms with Crippen molar-refractivity contribution < 1.29 is 4.74 Å². The second kappa shape index (κ2) is 5.10. The maximum absolute atomic E-state index is 5.56. The first-order valence-corrected chi connectivity index (χ1v) is 7.78. The summed E-state index contributed by atoms with van der Waals surface area (Å²) in [5.41, 5.74) is 0.390. The summed E-state index contributed by atoms with van der Waals surface area (Å²) in [6.07, 6.45) is 6.68. The van der Waals surface area contributed by atoms with E-state index in [1.54, 1.807) is 0 Å². The summed E-state index contributed by atoms with van der Waals surface area (Å²) in [4.78, 5) is 5.55. The van der Waals surface area contributed by atoms with Crippen LogP contribution in [0.25, 0.3) is 0 Å². The van der Waals surface area contributed by atoms with Gasteiger partial charge in [0.15, 0.2) is 0 Å². The molecule has 2 atom stereocenters. The largest absolute Gasteiger partial charge is 0.381 e. The Morgan fingerprint density at radius 3 is 2.67 bits per heavy atom. The first-order chi connectivity index (χ1) is 8.69. The SMILES string of the molecule is CC1CN2CCCCC2CN1C1(C)CCOCC1. The predicted octanol–water partition coefficient (Wildman–Crippen LogP) is 2.11. The molecular weight excluding hydrogens is 224 g/mol. The highest BCUT2D eigenvalue weighted by molar-refractivity contribution is 4.98. The topological polar surface area (TPSA) is 15.7 Å². The van der Waals surface area contributed by atoms with Crippen molar-refractivity contribution in [2.45, 2.75) is 63.6 Å². The van der Waals surface area contributed by atoms with E-state index in [1.807, 2.05) is 0 Å². The molecule has 0 spiro atoms. The van der Waals surface area contributed by atoms with E-state index in [9.17, 15) is 0 Å². The van der Waals surface area contributed by atoms with Crippen LogP contribution in [-0.4, -0.2) is 60.3 Å². The van der Waals surface area contributed by atoms with Gasteiger partial charge in [-0.25, -0.2) is 0 Å². The van der Waals surface area contributed by atoms with Crippen LogP contribution in [0.5, 0.6) is 0 Å². The molecule has 0 aromatic carbocycles. The van der Waals surface area contributed by atoms with Crippen molar-refractivity contribution in [3.63, 3.8) is 0 Å². The molecule has 0 aromatic rings. The average Bonchev–Trinajstić information content (AvgIpc) is 2.38. The fourth-order valence-corrected chi connectivity index (χ4v) is 4.20. The number of fused-ring (bicyclic) bond motifs is 1. The third-order valence-corrected chi connectivity index (χ3v) is 5.45. The van der Waals surface area contributed by atoms with Crippen molar-refractivity contribution in [3.8, 4) is 0 Å². The van der Waals surface area contributed by atoms with E-state index in [2.05, 4.69) is 23.6 Å². The maximum Gasteiger partial charge on any atom is 0.0483 e. The zero-order valence-electron chi connectivity index (χ0n) is 12.0. The number of piperidine rings is 1. The second-order valence-corrected chi connectivity index (χ2v) is 6.76. The zero-order valence-corrected chi connectivity index (χ0v) is 12.0. The molecule has 3 nitrogen and oxygen atoms in total. The van der Waals surface area contributed by atoms with E-state index in [4.69, 9.17) is 4.74 Å². The molecule has 2 unspecified atom stereocenters. The summed E-state index contributed by atoms with van der Waals surface area (Å²) in [5, 5.41) is 0. The number of rotatable bonds is 1. The van der Waals surface area contributed by atoms with Crippen LogP contribution in [-0.2, 0) is 4.74 Å². The lowest BCUT2D eigenvalue weighted by atomic mass is 9.85. The van der Waals surface area contributed by atoms with Gasteiger partial charge in [-0.1, -0.05) is 6.42 Å². The highest BCUT2D eigenvalue weighted by Crippen LogP contribution is 2.34. The molecule has 0 amide bonds. The average molecular weight is 252 g/mol. The van der Waals surface area contributed by atoms with Crippen molar-refractivity contribution in [2.24, 2.45) is 0 Å². The summed E-state index contributed by atoms with van der Waals surface area (Å²) in [5.74, 6) is 0. The molecule has 3 aliphatic rings. The molecule has 3 saturated heterocycles. The van der Waals surface area contributed by atoms with Crippen molar-refractivity contribution in [2.75, 3.05) is 32.8 Å². The molecule has 3 aliphatic heterocycles. The lowest BCUT2D eigenvalue weighted by Crippen LogP contribution is -2.65. The lowest BCUT2D eigenvalue weighted by Gasteiger charge is -2.55. The molecule has 3 rings (SSSR count).